The molecule has 0 spiro atoms. The molecule has 2 rings (SSSR count). The van der Waals surface area contributed by atoms with Crippen LogP contribution in [0.5, 0.6) is 5.75 Å². The van der Waals surface area contributed by atoms with Crippen LogP contribution in [-0.4, -0.2) is 13.0 Å². The van der Waals surface area contributed by atoms with Crippen molar-refractivity contribution in [2.24, 2.45) is 0 Å². The average Bonchev–Trinajstić information content (AvgIpc) is 2.60. The van der Waals surface area contributed by atoms with E-state index in [9.17, 15) is 4.79 Å². The molecule has 0 unspecified atom stereocenters. The number of carbonyl (C=O) groups is 1. The fourth-order valence-electron chi connectivity index (χ4n) is 2.28. The van der Waals surface area contributed by atoms with Crippen molar-refractivity contribution in [1.82, 2.24) is 5.32 Å². The van der Waals surface area contributed by atoms with Crippen molar-refractivity contribution in [3.63, 3.8) is 0 Å². The van der Waals surface area contributed by atoms with Crippen LogP contribution in [-0.2, 0) is 11.3 Å². The van der Waals surface area contributed by atoms with E-state index in [1.807, 2.05) is 49.4 Å². The minimum Gasteiger partial charge on any atom is -0.497 e. The Morgan fingerprint density at radius 2 is 1.91 bits per heavy atom. The Labute approximate surface area is 137 Å². The van der Waals surface area contributed by atoms with Gasteiger partial charge in [0, 0.05) is 24.7 Å². The predicted molar refractivity (Wildman–Crippen MR) is 93.6 cm³/mol. The monoisotopic (exact) mass is 312 g/mol. The second-order valence-corrected chi connectivity index (χ2v) is 5.48. The molecule has 4 nitrogen and oxygen atoms in total. The predicted octanol–water partition coefficient (Wildman–Crippen LogP) is 3.89. The summed E-state index contributed by atoms with van der Waals surface area (Å²) in [5, 5.41) is 6.35. The normalized spacial score (nSPS) is 11.8. The number of ether oxygens (including phenoxy) is 1. The average molecular weight is 312 g/mol. The van der Waals surface area contributed by atoms with Gasteiger partial charge in [-0.25, -0.2) is 0 Å². The molecule has 122 valence electrons. The lowest BCUT2D eigenvalue weighted by atomic mass is 10.1. The Morgan fingerprint density at radius 1 is 1.17 bits per heavy atom. The van der Waals surface area contributed by atoms with Gasteiger partial charge in [0.1, 0.15) is 5.75 Å². The second kappa shape index (κ2) is 8.34. The third-order valence-corrected chi connectivity index (χ3v) is 3.76. The standard InChI is InChI=1S/C19H24N2O2/c1-4-19(22)21-17-10-8-16(9-11-17)14(2)20-13-15-6-5-7-18(12-15)23-3/h5-12,14,20H,4,13H2,1-3H3,(H,21,22)/t14-/m1/s1. The van der Waals surface area contributed by atoms with Gasteiger partial charge < -0.3 is 15.4 Å². The zero-order valence-electron chi connectivity index (χ0n) is 13.9. The number of hydrogen-bond donors (Lipinski definition) is 2. The number of carbonyl (C=O) groups excluding carboxylic acids is 1. The van der Waals surface area contributed by atoms with Crippen LogP contribution < -0.4 is 15.4 Å². The van der Waals surface area contributed by atoms with Gasteiger partial charge in [-0.15, -0.1) is 0 Å². The minimum absolute atomic E-state index is 0.0296. The van der Waals surface area contributed by atoms with Gasteiger partial charge in [-0.05, 0) is 42.3 Å². The van der Waals surface area contributed by atoms with E-state index < -0.39 is 0 Å². The van der Waals surface area contributed by atoms with E-state index in [4.69, 9.17) is 4.74 Å². The number of anilines is 1. The summed E-state index contributed by atoms with van der Waals surface area (Å²) in [6.45, 7) is 4.74. The van der Waals surface area contributed by atoms with Crippen LogP contribution in [0.3, 0.4) is 0 Å². The van der Waals surface area contributed by atoms with Crippen molar-refractivity contribution in [2.45, 2.75) is 32.9 Å². The first-order chi connectivity index (χ1) is 11.1. The zero-order valence-corrected chi connectivity index (χ0v) is 13.9. The topological polar surface area (TPSA) is 50.4 Å². The highest BCUT2D eigenvalue weighted by Gasteiger charge is 2.06. The molecular weight excluding hydrogens is 288 g/mol. The molecule has 2 aromatic carbocycles. The lowest BCUT2D eigenvalue weighted by Gasteiger charge is -2.15. The smallest absolute Gasteiger partial charge is 0.224 e. The maximum atomic E-state index is 11.4. The van der Waals surface area contributed by atoms with E-state index >= 15 is 0 Å². The van der Waals surface area contributed by atoms with E-state index in [0.29, 0.717) is 6.42 Å². The van der Waals surface area contributed by atoms with Crippen molar-refractivity contribution in [3.8, 4) is 5.75 Å². The summed E-state index contributed by atoms with van der Waals surface area (Å²) in [6, 6.07) is 16.2. The van der Waals surface area contributed by atoms with Gasteiger partial charge in [0.05, 0.1) is 7.11 Å². The van der Waals surface area contributed by atoms with Crippen LogP contribution in [0.25, 0.3) is 0 Å². The fourth-order valence-corrected chi connectivity index (χ4v) is 2.28. The molecule has 2 N–H and O–H groups in total. The highest BCUT2D eigenvalue weighted by molar-refractivity contribution is 5.90. The molecule has 23 heavy (non-hydrogen) atoms. The summed E-state index contributed by atoms with van der Waals surface area (Å²) in [5.41, 5.74) is 3.20. The first kappa shape index (κ1) is 17.0. The summed E-state index contributed by atoms with van der Waals surface area (Å²) in [4.78, 5) is 11.4. The van der Waals surface area contributed by atoms with E-state index in [1.165, 1.54) is 11.1 Å². The SMILES string of the molecule is CCC(=O)Nc1ccc([C@@H](C)NCc2cccc(OC)c2)cc1. The van der Waals surface area contributed by atoms with Gasteiger partial charge >= 0.3 is 0 Å². The molecule has 0 saturated heterocycles. The van der Waals surface area contributed by atoms with Crippen LogP contribution in [0.15, 0.2) is 48.5 Å². The number of amides is 1. The van der Waals surface area contributed by atoms with E-state index in [2.05, 4.69) is 23.6 Å². The third-order valence-electron chi connectivity index (χ3n) is 3.76. The van der Waals surface area contributed by atoms with Gasteiger partial charge in [0.2, 0.25) is 5.91 Å². The van der Waals surface area contributed by atoms with Gasteiger partial charge in [-0.1, -0.05) is 31.2 Å². The van der Waals surface area contributed by atoms with E-state index in [0.717, 1.165) is 18.0 Å². The first-order valence-corrected chi connectivity index (χ1v) is 7.88. The summed E-state index contributed by atoms with van der Waals surface area (Å²) in [5.74, 6) is 0.898. The van der Waals surface area contributed by atoms with Gasteiger partial charge in [0.25, 0.3) is 0 Å². The molecule has 0 radical (unpaired) electrons. The Balaban J connectivity index is 1.92. The molecule has 1 atom stereocenters. The van der Waals surface area contributed by atoms with Crippen molar-refractivity contribution in [3.05, 3.63) is 59.7 Å². The number of rotatable bonds is 7. The lowest BCUT2D eigenvalue weighted by molar-refractivity contribution is -0.115. The number of nitrogens with one attached hydrogen (secondary N) is 2. The number of hydrogen-bond acceptors (Lipinski definition) is 3. The molecule has 2 aromatic rings. The van der Waals surface area contributed by atoms with Gasteiger partial charge in [-0.2, -0.15) is 0 Å². The second-order valence-electron chi connectivity index (χ2n) is 5.48. The quantitative estimate of drug-likeness (QED) is 0.815. The Kier molecular flexibility index (Phi) is 6.18. The first-order valence-electron chi connectivity index (χ1n) is 7.88. The van der Waals surface area contributed by atoms with E-state index in [-0.39, 0.29) is 11.9 Å². The molecule has 1 amide bonds. The zero-order chi connectivity index (χ0) is 16.7. The fraction of sp³-hybridized carbons (Fsp3) is 0.316. The van der Waals surface area contributed by atoms with Crippen molar-refractivity contribution in [2.75, 3.05) is 12.4 Å². The lowest BCUT2D eigenvalue weighted by Crippen LogP contribution is -2.18. The maximum Gasteiger partial charge on any atom is 0.224 e. The van der Waals surface area contributed by atoms with Gasteiger partial charge in [0.15, 0.2) is 0 Å². The molecule has 0 heterocycles. The van der Waals surface area contributed by atoms with Gasteiger partial charge in [-0.3, -0.25) is 4.79 Å². The highest BCUT2D eigenvalue weighted by Crippen LogP contribution is 2.18. The molecule has 4 heteroatoms. The Morgan fingerprint density at radius 3 is 2.57 bits per heavy atom. The number of benzene rings is 2. The number of methoxy groups -OCH3 is 1. The molecule has 0 bridgehead atoms. The summed E-state index contributed by atoms with van der Waals surface area (Å²) in [7, 11) is 1.67. The van der Waals surface area contributed by atoms with Crippen molar-refractivity contribution in [1.29, 1.82) is 0 Å². The largest absolute Gasteiger partial charge is 0.497 e. The molecular formula is C19H24N2O2. The molecule has 0 aliphatic carbocycles. The molecule has 0 aliphatic heterocycles. The Hall–Kier alpha value is -2.33. The highest BCUT2D eigenvalue weighted by atomic mass is 16.5. The molecule has 0 aromatic heterocycles. The molecule has 0 fully saturated rings. The molecule has 0 aliphatic rings. The Bertz CT molecular complexity index is 638. The van der Waals surface area contributed by atoms with Crippen LogP contribution in [0, 0.1) is 0 Å². The summed E-state index contributed by atoms with van der Waals surface area (Å²) >= 11 is 0. The van der Waals surface area contributed by atoms with Crippen LogP contribution in [0.1, 0.15) is 37.4 Å². The van der Waals surface area contributed by atoms with Crippen LogP contribution >= 0.6 is 0 Å². The minimum atomic E-state index is 0.0296. The van der Waals surface area contributed by atoms with E-state index in [1.54, 1.807) is 7.11 Å². The van der Waals surface area contributed by atoms with Crippen molar-refractivity contribution < 1.29 is 9.53 Å². The van der Waals surface area contributed by atoms with Crippen LogP contribution in [0.2, 0.25) is 0 Å². The summed E-state index contributed by atoms with van der Waals surface area (Å²) < 4.78 is 5.24. The van der Waals surface area contributed by atoms with Crippen molar-refractivity contribution >= 4 is 11.6 Å². The maximum absolute atomic E-state index is 11.4. The summed E-state index contributed by atoms with van der Waals surface area (Å²) in [6.07, 6.45) is 0.486. The van der Waals surface area contributed by atoms with Crippen LogP contribution in [0.4, 0.5) is 5.69 Å². The molecule has 0 saturated carbocycles. The third kappa shape index (κ3) is 5.11.